The Hall–Kier alpha value is -4.19. The van der Waals surface area contributed by atoms with Gasteiger partial charge in [-0.1, -0.05) is 61.0 Å². The summed E-state index contributed by atoms with van der Waals surface area (Å²) in [6.45, 7) is 5.27. The van der Waals surface area contributed by atoms with Crippen molar-refractivity contribution in [3.05, 3.63) is 101 Å². The standard InChI is InChI=1S/C28H25NO5/c1-4-19-7-13-22(14-8-19)29-25(20-11-15-23(16-12-20)34-18(3)30)24(27(32)28(29)33)26(31)21-9-5-17(2)6-10-21/h5-16,25,31H,4H2,1-3H3/b26-24+. The molecule has 1 saturated heterocycles. The van der Waals surface area contributed by atoms with Gasteiger partial charge in [-0.3, -0.25) is 19.3 Å². The Morgan fingerprint density at radius 3 is 2.12 bits per heavy atom. The number of amides is 1. The summed E-state index contributed by atoms with van der Waals surface area (Å²) in [5, 5.41) is 11.2. The lowest BCUT2D eigenvalue weighted by atomic mass is 9.94. The van der Waals surface area contributed by atoms with E-state index in [9.17, 15) is 19.5 Å². The minimum atomic E-state index is -0.847. The molecule has 6 heteroatoms. The highest BCUT2D eigenvalue weighted by Gasteiger charge is 2.46. The van der Waals surface area contributed by atoms with E-state index in [0.717, 1.165) is 17.5 Å². The SMILES string of the molecule is CCc1ccc(N2C(=O)C(=O)/C(=C(/O)c3ccc(C)cc3)C2c2ccc(OC(C)=O)cc2)cc1. The molecule has 1 amide bonds. The minimum absolute atomic E-state index is 0.00802. The van der Waals surface area contributed by atoms with Crippen molar-refractivity contribution < 1.29 is 24.2 Å². The van der Waals surface area contributed by atoms with Gasteiger partial charge in [-0.2, -0.15) is 0 Å². The van der Waals surface area contributed by atoms with E-state index >= 15 is 0 Å². The number of anilines is 1. The molecule has 0 aliphatic carbocycles. The van der Waals surface area contributed by atoms with E-state index in [0.29, 0.717) is 22.6 Å². The molecule has 0 aromatic heterocycles. The number of aliphatic hydroxyl groups is 1. The summed E-state index contributed by atoms with van der Waals surface area (Å²) in [6.07, 6.45) is 0.841. The van der Waals surface area contributed by atoms with Crippen LogP contribution in [0.5, 0.6) is 5.75 Å². The third kappa shape index (κ3) is 4.35. The van der Waals surface area contributed by atoms with Gasteiger partial charge < -0.3 is 9.84 Å². The molecule has 1 aliphatic rings. The number of nitrogens with zero attached hydrogens (tertiary/aromatic N) is 1. The Labute approximate surface area is 198 Å². The van der Waals surface area contributed by atoms with Crippen LogP contribution < -0.4 is 9.64 Å². The molecule has 1 atom stereocenters. The second kappa shape index (κ2) is 9.35. The molecular weight excluding hydrogens is 430 g/mol. The highest BCUT2D eigenvalue weighted by atomic mass is 16.5. The number of Topliss-reactive ketones (excluding diaryl/α,β-unsaturated/α-hetero) is 1. The number of aryl methyl sites for hydroxylation is 2. The lowest BCUT2D eigenvalue weighted by molar-refractivity contribution is -0.132. The first-order valence-corrected chi connectivity index (χ1v) is 11.1. The summed E-state index contributed by atoms with van der Waals surface area (Å²) in [7, 11) is 0. The van der Waals surface area contributed by atoms with E-state index in [-0.39, 0.29) is 11.3 Å². The molecule has 0 radical (unpaired) electrons. The predicted octanol–water partition coefficient (Wildman–Crippen LogP) is 5.11. The number of benzene rings is 3. The van der Waals surface area contributed by atoms with Crippen LogP contribution in [0.25, 0.3) is 5.76 Å². The molecule has 34 heavy (non-hydrogen) atoms. The van der Waals surface area contributed by atoms with Crippen molar-refractivity contribution in [1.29, 1.82) is 0 Å². The Morgan fingerprint density at radius 1 is 0.941 bits per heavy atom. The summed E-state index contributed by atoms with van der Waals surface area (Å²) >= 11 is 0. The lowest BCUT2D eigenvalue weighted by Crippen LogP contribution is -2.29. The predicted molar refractivity (Wildman–Crippen MR) is 130 cm³/mol. The largest absolute Gasteiger partial charge is 0.507 e. The highest BCUT2D eigenvalue weighted by molar-refractivity contribution is 6.51. The summed E-state index contributed by atoms with van der Waals surface area (Å²) in [6, 6.07) is 20.2. The van der Waals surface area contributed by atoms with E-state index < -0.39 is 23.7 Å². The maximum absolute atomic E-state index is 13.2. The normalized spacial score (nSPS) is 17.1. The van der Waals surface area contributed by atoms with Gasteiger partial charge in [0.15, 0.2) is 0 Å². The maximum atomic E-state index is 13.2. The van der Waals surface area contributed by atoms with Crippen LogP contribution in [-0.4, -0.2) is 22.8 Å². The van der Waals surface area contributed by atoms with Crippen molar-refractivity contribution in [3.8, 4) is 5.75 Å². The average molecular weight is 456 g/mol. The van der Waals surface area contributed by atoms with Crippen LogP contribution in [0.3, 0.4) is 0 Å². The van der Waals surface area contributed by atoms with Crippen LogP contribution in [0.15, 0.2) is 78.4 Å². The smallest absolute Gasteiger partial charge is 0.308 e. The molecule has 172 valence electrons. The first-order chi connectivity index (χ1) is 16.3. The van der Waals surface area contributed by atoms with Gasteiger partial charge >= 0.3 is 5.97 Å². The molecule has 0 bridgehead atoms. The van der Waals surface area contributed by atoms with Crippen molar-refractivity contribution >= 4 is 29.1 Å². The number of rotatable bonds is 5. The van der Waals surface area contributed by atoms with E-state index in [1.807, 2.05) is 38.1 Å². The third-order valence-corrected chi connectivity index (χ3v) is 5.85. The molecule has 1 fully saturated rings. The molecule has 1 unspecified atom stereocenters. The molecule has 1 heterocycles. The van der Waals surface area contributed by atoms with Gasteiger partial charge in [-0.05, 0) is 48.7 Å². The molecule has 0 saturated carbocycles. The molecule has 0 spiro atoms. The first kappa shape index (κ1) is 23.0. The molecule has 4 rings (SSSR count). The van der Waals surface area contributed by atoms with Crippen LogP contribution in [0.1, 0.15) is 42.1 Å². The number of hydrogen-bond donors (Lipinski definition) is 1. The van der Waals surface area contributed by atoms with E-state index in [2.05, 4.69) is 0 Å². The van der Waals surface area contributed by atoms with Gasteiger partial charge in [-0.15, -0.1) is 0 Å². The van der Waals surface area contributed by atoms with Gasteiger partial charge in [0.05, 0.1) is 11.6 Å². The number of carbonyl (C=O) groups is 3. The van der Waals surface area contributed by atoms with Gasteiger partial charge in [-0.25, -0.2) is 0 Å². The number of carbonyl (C=O) groups excluding carboxylic acids is 3. The fourth-order valence-corrected chi connectivity index (χ4v) is 4.06. The van der Waals surface area contributed by atoms with Crippen molar-refractivity contribution in [2.75, 3.05) is 4.90 Å². The van der Waals surface area contributed by atoms with E-state index in [4.69, 9.17) is 4.74 Å². The summed E-state index contributed by atoms with van der Waals surface area (Å²) < 4.78 is 5.12. The van der Waals surface area contributed by atoms with Crippen LogP contribution in [0.2, 0.25) is 0 Å². The monoisotopic (exact) mass is 455 g/mol. The fraction of sp³-hybridized carbons (Fsp3) is 0.179. The van der Waals surface area contributed by atoms with Gasteiger partial charge in [0.2, 0.25) is 0 Å². The minimum Gasteiger partial charge on any atom is -0.507 e. The molecule has 1 aliphatic heterocycles. The zero-order valence-corrected chi connectivity index (χ0v) is 19.2. The van der Waals surface area contributed by atoms with Crippen molar-refractivity contribution in [3.63, 3.8) is 0 Å². The number of ketones is 1. The summed E-state index contributed by atoms with van der Waals surface area (Å²) in [4.78, 5) is 39.1. The maximum Gasteiger partial charge on any atom is 0.308 e. The number of esters is 1. The quantitative estimate of drug-likeness (QED) is 0.190. The molecule has 6 nitrogen and oxygen atoms in total. The van der Waals surface area contributed by atoms with Crippen LogP contribution in [0.4, 0.5) is 5.69 Å². The number of aliphatic hydroxyl groups excluding tert-OH is 1. The zero-order chi connectivity index (χ0) is 24.4. The van der Waals surface area contributed by atoms with E-state index in [1.165, 1.54) is 11.8 Å². The number of ether oxygens (including phenoxy) is 1. The zero-order valence-electron chi connectivity index (χ0n) is 19.2. The summed E-state index contributed by atoms with van der Waals surface area (Å²) in [5.41, 5.74) is 3.72. The Kier molecular flexibility index (Phi) is 6.32. The van der Waals surface area contributed by atoms with Crippen LogP contribution >= 0.6 is 0 Å². The Bertz CT molecular complexity index is 1270. The number of hydrogen-bond acceptors (Lipinski definition) is 5. The summed E-state index contributed by atoms with van der Waals surface area (Å²) in [5.74, 6) is -1.81. The molecule has 3 aromatic rings. The third-order valence-electron chi connectivity index (χ3n) is 5.85. The Morgan fingerprint density at radius 2 is 1.56 bits per heavy atom. The topological polar surface area (TPSA) is 83.9 Å². The highest BCUT2D eigenvalue weighted by Crippen LogP contribution is 2.42. The Balaban J connectivity index is 1.87. The second-order valence-corrected chi connectivity index (χ2v) is 8.22. The van der Waals surface area contributed by atoms with Crippen LogP contribution in [0, 0.1) is 6.92 Å². The van der Waals surface area contributed by atoms with Gasteiger partial charge in [0.1, 0.15) is 11.5 Å². The fourth-order valence-electron chi connectivity index (χ4n) is 4.06. The molecule has 1 N–H and O–H groups in total. The van der Waals surface area contributed by atoms with E-state index in [1.54, 1.807) is 48.5 Å². The van der Waals surface area contributed by atoms with Gasteiger partial charge in [0.25, 0.3) is 11.7 Å². The van der Waals surface area contributed by atoms with Crippen LogP contribution in [-0.2, 0) is 20.8 Å². The average Bonchev–Trinajstić information content (AvgIpc) is 3.09. The van der Waals surface area contributed by atoms with Crippen molar-refractivity contribution in [2.24, 2.45) is 0 Å². The van der Waals surface area contributed by atoms with Crippen molar-refractivity contribution in [1.82, 2.24) is 0 Å². The van der Waals surface area contributed by atoms with Gasteiger partial charge in [0, 0.05) is 18.2 Å². The lowest BCUT2D eigenvalue weighted by Gasteiger charge is -2.25. The first-order valence-electron chi connectivity index (χ1n) is 11.1. The molecule has 3 aromatic carbocycles. The molecular formula is C28H25NO5. The second-order valence-electron chi connectivity index (χ2n) is 8.22. The van der Waals surface area contributed by atoms with Crippen molar-refractivity contribution in [2.45, 2.75) is 33.2 Å².